The third-order valence-corrected chi connectivity index (χ3v) is 2.78. The Morgan fingerprint density at radius 1 is 1.14 bits per heavy atom. The fourth-order valence-corrected chi connectivity index (χ4v) is 1.82. The molecule has 0 aliphatic heterocycles. The van der Waals surface area contributed by atoms with Crippen molar-refractivity contribution in [3.05, 3.63) is 54.4 Å². The fourth-order valence-electron chi connectivity index (χ4n) is 1.82. The number of H-pyrrole nitrogens is 1. The molecule has 3 rings (SSSR count). The van der Waals surface area contributed by atoms with Crippen LogP contribution in [0.4, 0.5) is 14.5 Å². The monoisotopic (exact) mass is 288 g/mol. The summed E-state index contributed by atoms with van der Waals surface area (Å²) in [7, 11) is 0. The molecule has 0 amide bonds. The number of nitrogens with two attached hydrogens (primary N) is 1. The largest absolute Gasteiger partial charge is 0.439 e. The zero-order valence-corrected chi connectivity index (χ0v) is 10.7. The van der Waals surface area contributed by atoms with Crippen LogP contribution in [-0.2, 0) is 0 Å². The van der Waals surface area contributed by atoms with Crippen LogP contribution in [0.3, 0.4) is 0 Å². The molecule has 2 heterocycles. The second-order valence-electron chi connectivity index (χ2n) is 4.25. The van der Waals surface area contributed by atoms with E-state index in [1.165, 1.54) is 36.5 Å². The number of pyridine rings is 1. The Balaban J connectivity index is 1.90. The lowest BCUT2D eigenvalue weighted by atomic mass is 10.2. The Bertz CT molecular complexity index is 788. The minimum absolute atomic E-state index is 0.0138. The fraction of sp³-hybridized carbons (Fsp3) is 0. The predicted octanol–water partition coefficient (Wildman–Crippen LogP) is 3.12. The standard InChI is InChI=1S/C14H10F2N4O/c15-8-2-1-3-9(6-8)21-12-5-4-10(14(16)19-12)13-11(17)7-18-20-13/h1-7H,17H2,(H,18,20). The lowest BCUT2D eigenvalue weighted by Gasteiger charge is -2.06. The van der Waals surface area contributed by atoms with Crippen LogP contribution < -0.4 is 10.5 Å². The molecule has 0 unspecified atom stereocenters. The normalized spacial score (nSPS) is 10.6. The Hall–Kier alpha value is -2.96. The van der Waals surface area contributed by atoms with Crippen molar-refractivity contribution in [3.8, 4) is 22.9 Å². The highest BCUT2D eigenvalue weighted by Gasteiger charge is 2.13. The maximum absolute atomic E-state index is 14.0. The molecule has 0 atom stereocenters. The zero-order valence-electron chi connectivity index (χ0n) is 10.7. The molecule has 0 aliphatic carbocycles. The van der Waals surface area contributed by atoms with Crippen molar-refractivity contribution in [2.75, 3.05) is 5.73 Å². The molecular formula is C14H10F2N4O. The van der Waals surface area contributed by atoms with Gasteiger partial charge in [0.15, 0.2) is 0 Å². The van der Waals surface area contributed by atoms with Crippen molar-refractivity contribution in [3.63, 3.8) is 0 Å². The first-order valence-corrected chi connectivity index (χ1v) is 6.02. The first-order valence-electron chi connectivity index (χ1n) is 6.02. The second kappa shape index (κ2) is 5.20. The third-order valence-electron chi connectivity index (χ3n) is 2.78. The van der Waals surface area contributed by atoms with Gasteiger partial charge in [-0.25, -0.2) is 4.39 Å². The van der Waals surface area contributed by atoms with Gasteiger partial charge in [0.1, 0.15) is 11.6 Å². The predicted molar refractivity (Wildman–Crippen MR) is 72.7 cm³/mol. The van der Waals surface area contributed by atoms with E-state index in [4.69, 9.17) is 10.5 Å². The number of halogens is 2. The number of hydrogen-bond acceptors (Lipinski definition) is 4. The number of anilines is 1. The summed E-state index contributed by atoms with van der Waals surface area (Å²) < 4.78 is 32.3. The Morgan fingerprint density at radius 3 is 2.67 bits per heavy atom. The molecule has 0 spiro atoms. The van der Waals surface area contributed by atoms with Crippen LogP contribution in [0.2, 0.25) is 0 Å². The van der Waals surface area contributed by atoms with Crippen molar-refractivity contribution < 1.29 is 13.5 Å². The number of rotatable bonds is 3. The summed E-state index contributed by atoms with van der Waals surface area (Å²) in [5.74, 6) is -0.967. The summed E-state index contributed by atoms with van der Waals surface area (Å²) in [6.07, 6.45) is 1.38. The molecule has 0 bridgehead atoms. The molecule has 2 aromatic heterocycles. The average Bonchev–Trinajstić information content (AvgIpc) is 2.85. The Labute approximate surface area is 118 Å². The molecule has 0 fully saturated rings. The van der Waals surface area contributed by atoms with Crippen molar-refractivity contribution in [1.82, 2.24) is 15.2 Å². The van der Waals surface area contributed by atoms with Crippen molar-refractivity contribution in [1.29, 1.82) is 0 Å². The van der Waals surface area contributed by atoms with E-state index in [0.29, 0.717) is 11.4 Å². The van der Waals surface area contributed by atoms with Crippen LogP contribution in [0.15, 0.2) is 42.6 Å². The molecule has 5 nitrogen and oxygen atoms in total. The van der Waals surface area contributed by atoms with Gasteiger partial charge in [-0.1, -0.05) is 6.07 Å². The number of nitrogen functional groups attached to an aromatic ring is 1. The second-order valence-corrected chi connectivity index (χ2v) is 4.25. The molecule has 0 aliphatic rings. The molecule has 0 saturated heterocycles. The smallest absolute Gasteiger partial charge is 0.225 e. The van der Waals surface area contributed by atoms with Gasteiger partial charge in [0, 0.05) is 12.1 Å². The number of ether oxygens (including phenoxy) is 1. The van der Waals surface area contributed by atoms with E-state index in [1.807, 2.05) is 0 Å². The maximum Gasteiger partial charge on any atom is 0.225 e. The molecule has 3 N–H and O–H groups in total. The SMILES string of the molecule is Nc1cn[nH]c1-c1ccc(Oc2cccc(F)c2)nc1F. The number of hydrogen-bond donors (Lipinski definition) is 2. The lowest BCUT2D eigenvalue weighted by molar-refractivity contribution is 0.442. The summed E-state index contributed by atoms with van der Waals surface area (Å²) in [5.41, 5.74) is 6.50. The molecular weight excluding hydrogens is 278 g/mol. The molecule has 1 aromatic carbocycles. The average molecular weight is 288 g/mol. The van der Waals surface area contributed by atoms with E-state index in [1.54, 1.807) is 6.07 Å². The van der Waals surface area contributed by atoms with E-state index in [0.717, 1.165) is 0 Å². The minimum Gasteiger partial charge on any atom is -0.439 e. The van der Waals surface area contributed by atoms with Crippen molar-refractivity contribution in [2.45, 2.75) is 0 Å². The van der Waals surface area contributed by atoms with Gasteiger partial charge in [-0.2, -0.15) is 14.5 Å². The van der Waals surface area contributed by atoms with E-state index < -0.39 is 11.8 Å². The van der Waals surface area contributed by atoms with Crippen LogP contribution in [0, 0.1) is 11.8 Å². The van der Waals surface area contributed by atoms with Crippen molar-refractivity contribution in [2.24, 2.45) is 0 Å². The van der Waals surface area contributed by atoms with Gasteiger partial charge < -0.3 is 10.5 Å². The van der Waals surface area contributed by atoms with Crippen LogP contribution in [0.25, 0.3) is 11.3 Å². The summed E-state index contributed by atoms with van der Waals surface area (Å²) in [5, 5.41) is 6.32. The summed E-state index contributed by atoms with van der Waals surface area (Å²) >= 11 is 0. The van der Waals surface area contributed by atoms with Gasteiger partial charge in [0.25, 0.3) is 0 Å². The van der Waals surface area contributed by atoms with Crippen LogP contribution in [-0.4, -0.2) is 15.2 Å². The third kappa shape index (κ3) is 2.66. The van der Waals surface area contributed by atoms with E-state index in [-0.39, 0.29) is 17.2 Å². The van der Waals surface area contributed by atoms with Gasteiger partial charge >= 0.3 is 0 Å². The van der Waals surface area contributed by atoms with Crippen LogP contribution in [0.1, 0.15) is 0 Å². The number of aromatic amines is 1. The molecule has 0 radical (unpaired) electrons. The Kier molecular flexibility index (Phi) is 3.23. The number of aromatic nitrogens is 3. The number of benzene rings is 1. The van der Waals surface area contributed by atoms with Crippen molar-refractivity contribution >= 4 is 5.69 Å². The molecule has 0 saturated carbocycles. The summed E-state index contributed by atoms with van der Waals surface area (Å²) in [6, 6.07) is 8.42. The summed E-state index contributed by atoms with van der Waals surface area (Å²) in [4.78, 5) is 3.68. The first-order chi connectivity index (χ1) is 10.1. The highest BCUT2D eigenvalue weighted by molar-refractivity contribution is 5.71. The lowest BCUT2D eigenvalue weighted by Crippen LogP contribution is -1.96. The van der Waals surface area contributed by atoms with Gasteiger partial charge in [0.2, 0.25) is 11.8 Å². The molecule has 3 aromatic rings. The molecule has 106 valence electrons. The van der Waals surface area contributed by atoms with Gasteiger partial charge in [0.05, 0.1) is 23.1 Å². The molecule has 7 heteroatoms. The first kappa shape index (κ1) is 13.0. The highest BCUT2D eigenvalue weighted by atomic mass is 19.1. The number of nitrogens with one attached hydrogen (secondary N) is 1. The maximum atomic E-state index is 14.0. The van der Waals surface area contributed by atoms with E-state index >= 15 is 0 Å². The van der Waals surface area contributed by atoms with Crippen LogP contribution >= 0.6 is 0 Å². The van der Waals surface area contributed by atoms with E-state index in [2.05, 4.69) is 15.2 Å². The van der Waals surface area contributed by atoms with Gasteiger partial charge in [-0.15, -0.1) is 0 Å². The van der Waals surface area contributed by atoms with E-state index in [9.17, 15) is 8.78 Å². The molecule has 21 heavy (non-hydrogen) atoms. The highest BCUT2D eigenvalue weighted by Crippen LogP contribution is 2.28. The Morgan fingerprint density at radius 2 is 2.00 bits per heavy atom. The minimum atomic E-state index is -0.764. The van der Waals surface area contributed by atoms with Crippen LogP contribution in [0.5, 0.6) is 11.6 Å². The number of nitrogens with zero attached hydrogens (tertiary/aromatic N) is 2. The quantitative estimate of drug-likeness (QED) is 0.726. The zero-order chi connectivity index (χ0) is 14.8. The topological polar surface area (TPSA) is 76.8 Å². The van der Waals surface area contributed by atoms with Gasteiger partial charge in [-0.05, 0) is 18.2 Å². The van der Waals surface area contributed by atoms with Gasteiger partial charge in [-0.3, -0.25) is 5.10 Å². The summed E-state index contributed by atoms with van der Waals surface area (Å²) in [6.45, 7) is 0.